The van der Waals surface area contributed by atoms with Crippen molar-refractivity contribution in [2.45, 2.75) is 32.1 Å². The number of carbonyl (C=O) groups is 1. The molecule has 5 nitrogen and oxygen atoms in total. The summed E-state index contributed by atoms with van der Waals surface area (Å²) in [4.78, 5) is 12.8. The monoisotopic (exact) mass is 322 g/mol. The van der Waals surface area contributed by atoms with E-state index in [0.717, 1.165) is 35.2 Å². The number of rotatable bonds is 2. The lowest BCUT2D eigenvalue weighted by atomic mass is 9.75. The predicted octanol–water partition coefficient (Wildman–Crippen LogP) is 2.57. The average Bonchev–Trinajstić information content (AvgIpc) is 2.54. The van der Waals surface area contributed by atoms with Gasteiger partial charge < -0.3 is 5.73 Å². The van der Waals surface area contributed by atoms with Crippen LogP contribution in [-0.4, -0.2) is 29.9 Å². The lowest BCUT2D eigenvalue weighted by Crippen LogP contribution is -2.45. The van der Waals surface area contributed by atoms with Gasteiger partial charge in [0.2, 0.25) is 0 Å². The number of nitrogens with two attached hydrogens (primary N) is 1. The van der Waals surface area contributed by atoms with E-state index in [0.29, 0.717) is 17.8 Å². The van der Waals surface area contributed by atoms with E-state index in [1.807, 2.05) is 55.3 Å². The van der Waals surface area contributed by atoms with E-state index in [2.05, 4.69) is 6.07 Å². The van der Waals surface area contributed by atoms with Crippen molar-refractivity contribution in [1.82, 2.24) is 10.0 Å². The highest BCUT2D eigenvalue weighted by atomic mass is 16.1. The van der Waals surface area contributed by atoms with Crippen molar-refractivity contribution >= 4 is 5.78 Å². The van der Waals surface area contributed by atoms with Gasteiger partial charge in [-0.3, -0.25) is 9.80 Å². The molecule has 0 radical (unpaired) electrons. The first-order chi connectivity index (χ1) is 11.5. The zero-order chi connectivity index (χ0) is 17.4. The topological polar surface area (TPSA) is 73.4 Å². The molecule has 2 aliphatic rings. The molecule has 0 aromatic heterocycles. The SMILES string of the molecule is Cc1ccccc1[C@H]1C(C#N)=C(N)N(N(C)C)C2=C1C(=O)CCC2. The zero-order valence-corrected chi connectivity index (χ0v) is 14.3. The first kappa shape index (κ1) is 16.3. The van der Waals surface area contributed by atoms with Crippen LogP contribution in [0.1, 0.15) is 36.3 Å². The maximum Gasteiger partial charge on any atom is 0.161 e. The number of ketones is 1. The summed E-state index contributed by atoms with van der Waals surface area (Å²) in [5, 5.41) is 13.5. The van der Waals surface area contributed by atoms with Gasteiger partial charge in [0, 0.05) is 31.8 Å². The average molecular weight is 322 g/mol. The third-order valence-electron chi connectivity index (χ3n) is 4.79. The number of hydrazine groups is 1. The standard InChI is InChI=1S/C19H22N4O/c1-12-7-4-5-8-13(12)17-14(11-20)19(21)23(22(2)3)15-9-6-10-16(24)18(15)17/h4-5,7-8,17H,6,9-10,21H2,1-3H3/t17-/m0/s1. The summed E-state index contributed by atoms with van der Waals surface area (Å²) in [6.45, 7) is 2.01. The molecule has 0 fully saturated rings. The molecule has 0 amide bonds. The Kier molecular flexibility index (Phi) is 4.16. The summed E-state index contributed by atoms with van der Waals surface area (Å²) >= 11 is 0. The second kappa shape index (κ2) is 6.14. The minimum atomic E-state index is -0.366. The molecular weight excluding hydrogens is 300 g/mol. The maximum atomic E-state index is 12.8. The van der Waals surface area contributed by atoms with Crippen LogP contribution in [0.3, 0.4) is 0 Å². The Labute approximate surface area is 142 Å². The number of aryl methyl sites for hydroxylation is 1. The van der Waals surface area contributed by atoms with Crippen molar-refractivity contribution in [1.29, 1.82) is 5.26 Å². The number of allylic oxidation sites excluding steroid dienone is 3. The van der Waals surface area contributed by atoms with Crippen LogP contribution in [0.4, 0.5) is 0 Å². The van der Waals surface area contributed by atoms with E-state index < -0.39 is 0 Å². The molecule has 24 heavy (non-hydrogen) atoms. The van der Waals surface area contributed by atoms with Gasteiger partial charge in [-0.15, -0.1) is 0 Å². The predicted molar refractivity (Wildman–Crippen MR) is 92.2 cm³/mol. The first-order valence-corrected chi connectivity index (χ1v) is 8.16. The molecule has 0 unspecified atom stereocenters. The van der Waals surface area contributed by atoms with Gasteiger partial charge in [0.15, 0.2) is 5.78 Å². The molecule has 1 aromatic rings. The van der Waals surface area contributed by atoms with Gasteiger partial charge in [-0.1, -0.05) is 24.3 Å². The van der Waals surface area contributed by atoms with Gasteiger partial charge in [-0.25, -0.2) is 5.01 Å². The Morgan fingerprint density at radius 2 is 2.00 bits per heavy atom. The Balaban J connectivity index is 2.30. The quantitative estimate of drug-likeness (QED) is 0.906. The van der Waals surface area contributed by atoms with Crippen LogP contribution in [0.5, 0.6) is 0 Å². The molecule has 1 heterocycles. The lowest BCUT2D eigenvalue weighted by molar-refractivity contribution is -0.116. The summed E-state index contributed by atoms with van der Waals surface area (Å²) in [6.07, 6.45) is 2.14. The molecular formula is C19H22N4O. The Hall–Kier alpha value is -2.58. The smallest absolute Gasteiger partial charge is 0.161 e. The minimum Gasteiger partial charge on any atom is -0.383 e. The molecule has 0 saturated carbocycles. The first-order valence-electron chi connectivity index (χ1n) is 8.16. The van der Waals surface area contributed by atoms with Crippen LogP contribution in [0.2, 0.25) is 0 Å². The van der Waals surface area contributed by atoms with Crippen molar-refractivity contribution in [2.24, 2.45) is 5.73 Å². The minimum absolute atomic E-state index is 0.122. The molecule has 5 heteroatoms. The number of benzene rings is 1. The summed E-state index contributed by atoms with van der Waals surface area (Å²) in [6, 6.07) is 10.2. The third-order valence-corrected chi connectivity index (χ3v) is 4.79. The molecule has 2 N–H and O–H groups in total. The molecule has 0 spiro atoms. The van der Waals surface area contributed by atoms with Crippen molar-refractivity contribution in [2.75, 3.05) is 14.1 Å². The van der Waals surface area contributed by atoms with Crippen molar-refractivity contribution in [3.63, 3.8) is 0 Å². The van der Waals surface area contributed by atoms with E-state index in [1.54, 1.807) is 0 Å². The summed E-state index contributed by atoms with van der Waals surface area (Å²) in [7, 11) is 3.75. The number of nitrogens with zero attached hydrogens (tertiary/aromatic N) is 3. The fourth-order valence-electron chi connectivity index (χ4n) is 3.75. The van der Waals surface area contributed by atoms with Crippen molar-refractivity contribution < 1.29 is 4.79 Å². The van der Waals surface area contributed by atoms with Crippen LogP contribution in [0.15, 0.2) is 46.9 Å². The maximum absolute atomic E-state index is 12.8. The molecule has 1 aliphatic carbocycles. The number of carbonyl (C=O) groups excluding carboxylic acids is 1. The van der Waals surface area contributed by atoms with Gasteiger partial charge in [0.1, 0.15) is 5.82 Å². The highest BCUT2D eigenvalue weighted by Gasteiger charge is 2.40. The number of hydrogen-bond donors (Lipinski definition) is 1. The second-order valence-corrected chi connectivity index (χ2v) is 6.50. The van der Waals surface area contributed by atoms with Crippen molar-refractivity contribution in [3.8, 4) is 6.07 Å². The van der Waals surface area contributed by atoms with E-state index in [-0.39, 0.29) is 11.7 Å². The fourth-order valence-corrected chi connectivity index (χ4v) is 3.75. The molecule has 124 valence electrons. The highest BCUT2D eigenvalue weighted by molar-refractivity contribution is 5.99. The van der Waals surface area contributed by atoms with E-state index >= 15 is 0 Å². The Bertz CT molecular complexity index is 798. The summed E-state index contributed by atoms with van der Waals surface area (Å²) in [5.41, 5.74) is 10.5. The molecule has 0 bridgehead atoms. The van der Waals surface area contributed by atoms with E-state index in [9.17, 15) is 10.1 Å². The highest BCUT2D eigenvalue weighted by Crippen LogP contribution is 2.45. The third kappa shape index (κ3) is 2.40. The lowest BCUT2D eigenvalue weighted by Gasteiger charge is -2.42. The van der Waals surface area contributed by atoms with E-state index in [1.165, 1.54) is 0 Å². The van der Waals surface area contributed by atoms with Crippen molar-refractivity contribution in [3.05, 3.63) is 58.1 Å². The van der Waals surface area contributed by atoms with Gasteiger partial charge in [-0.2, -0.15) is 5.26 Å². The van der Waals surface area contributed by atoms with Crippen LogP contribution < -0.4 is 5.73 Å². The molecule has 3 rings (SSSR count). The van der Waals surface area contributed by atoms with E-state index in [4.69, 9.17) is 5.73 Å². The molecule has 0 saturated heterocycles. The molecule has 1 aliphatic heterocycles. The van der Waals surface area contributed by atoms with Crippen LogP contribution in [-0.2, 0) is 4.79 Å². The Morgan fingerprint density at radius 3 is 2.62 bits per heavy atom. The molecule has 1 aromatic carbocycles. The summed E-state index contributed by atoms with van der Waals surface area (Å²) < 4.78 is 0. The molecule has 1 atom stereocenters. The van der Waals surface area contributed by atoms with Gasteiger partial charge in [0.05, 0.1) is 17.6 Å². The Morgan fingerprint density at radius 1 is 1.29 bits per heavy atom. The fraction of sp³-hybridized carbons (Fsp3) is 0.368. The van der Waals surface area contributed by atoms with Crippen LogP contribution >= 0.6 is 0 Å². The number of hydrogen-bond acceptors (Lipinski definition) is 5. The van der Waals surface area contributed by atoms with Gasteiger partial charge >= 0.3 is 0 Å². The van der Waals surface area contributed by atoms with Gasteiger partial charge in [-0.05, 0) is 30.9 Å². The number of Topliss-reactive ketones (excluding diaryl/α,β-unsaturated/α-hetero) is 1. The summed E-state index contributed by atoms with van der Waals surface area (Å²) in [5.74, 6) is 0.177. The number of nitriles is 1. The largest absolute Gasteiger partial charge is 0.383 e. The van der Waals surface area contributed by atoms with Crippen LogP contribution in [0, 0.1) is 18.3 Å². The second-order valence-electron chi connectivity index (χ2n) is 6.50. The normalized spacial score (nSPS) is 21.2. The zero-order valence-electron chi connectivity index (χ0n) is 14.3. The van der Waals surface area contributed by atoms with Crippen LogP contribution in [0.25, 0.3) is 0 Å². The van der Waals surface area contributed by atoms with Gasteiger partial charge in [0.25, 0.3) is 0 Å².